The van der Waals surface area contributed by atoms with Gasteiger partial charge in [0.2, 0.25) is 0 Å². The second-order valence-corrected chi connectivity index (χ2v) is 11.0. The lowest BCUT2D eigenvalue weighted by Crippen LogP contribution is -2.23. The number of H-pyrrole nitrogens is 1. The molecule has 0 bridgehead atoms. The summed E-state index contributed by atoms with van der Waals surface area (Å²) in [5.41, 5.74) is 14.2. The molecular formula is C30H34ClF4N7O. The number of halogens is 5. The van der Waals surface area contributed by atoms with Gasteiger partial charge in [-0.2, -0.15) is 18.2 Å². The molecule has 2 aromatic heterocycles. The zero-order chi connectivity index (χ0) is 31.1. The zero-order valence-corrected chi connectivity index (χ0v) is 24.4. The lowest BCUT2D eigenvalue weighted by Gasteiger charge is -2.09. The van der Waals surface area contributed by atoms with Crippen LogP contribution in [0.4, 0.5) is 17.6 Å². The summed E-state index contributed by atoms with van der Waals surface area (Å²) in [6, 6.07) is 12.5. The topological polar surface area (TPSA) is 127 Å². The molecule has 2 heterocycles. The molecule has 8 nitrogen and oxygen atoms in total. The molecule has 13 heteroatoms. The van der Waals surface area contributed by atoms with Crippen molar-refractivity contribution in [3.05, 3.63) is 81.1 Å². The number of alkyl halides is 3. The van der Waals surface area contributed by atoms with Gasteiger partial charge in [-0.05, 0) is 80.6 Å². The Morgan fingerprint density at radius 2 is 1.91 bits per heavy atom. The molecular weight excluding hydrogens is 586 g/mol. The number of aromatic nitrogens is 3. The molecule has 0 saturated heterocycles. The third-order valence-corrected chi connectivity index (χ3v) is 7.04. The molecule has 2 aromatic carbocycles. The lowest BCUT2D eigenvalue weighted by molar-refractivity contribution is -0.121. The van der Waals surface area contributed by atoms with Crippen molar-refractivity contribution in [3.8, 4) is 16.9 Å². The van der Waals surface area contributed by atoms with Gasteiger partial charge in [0.1, 0.15) is 17.9 Å². The molecule has 4 aromatic rings. The van der Waals surface area contributed by atoms with Gasteiger partial charge in [-0.15, -0.1) is 0 Å². The Bertz CT molecular complexity index is 1630. The van der Waals surface area contributed by atoms with Gasteiger partial charge in [0.25, 0.3) is 0 Å². The van der Waals surface area contributed by atoms with E-state index < -0.39 is 29.9 Å². The first-order valence-corrected chi connectivity index (χ1v) is 14.3. The molecule has 0 fully saturated rings. The van der Waals surface area contributed by atoms with E-state index in [1.54, 1.807) is 36.5 Å². The van der Waals surface area contributed by atoms with Crippen molar-refractivity contribution in [1.82, 2.24) is 19.9 Å². The first-order valence-electron chi connectivity index (χ1n) is 13.9. The molecule has 1 atom stereocenters. The number of aromatic amines is 1. The van der Waals surface area contributed by atoms with E-state index in [0.29, 0.717) is 53.9 Å². The van der Waals surface area contributed by atoms with Crippen molar-refractivity contribution >= 4 is 28.5 Å². The van der Waals surface area contributed by atoms with Crippen molar-refractivity contribution < 1.29 is 17.6 Å². The number of nitrogens with zero attached hydrogens (tertiary/aromatic N) is 3. The molecule has 0 amide bonds. The second-order valence-electron chi connectivity index (χ2n) is 10.6. The number of rotatable bonds is 13. The Balaban J connectivity index is 1.41. The summed E-state index contributed by atoms with van der Waals surface area (Å²) in [6.45, 7) is 3.21. The number of nitrogens with two attached hydrogens (primary N) is 2. The maximum atomic E-state index is 15.0. The molecule has 0 aliphatic rings. The summed E-state index contributed by atoms with van der Waals surface area (Å²) >= 11 is 6.21. The molecule has 6 N–H and O–H groups in total. The van der Waals surface area contributed by atoms with Crippen molar-refractivity contribution in [2.24, 2.45) is 16.5 Å². The molecule has 230 valence electrons. The molecule has 1 unspecified atom stereocenters. The highest BCUT2D eigenvalue weighted by molar-refractivity contribution is 6.31. The predicted molar refractivity (Wildman–Crippen MR) is 162 cm³/mol. The average molecular weight is 620 g/mol. The average Bonchev–Trinajstić information content (AvgIpc) is 3.33. The van der Waals surface area contributed by atoms with E-state index in [-0.39, 0.29) is 17.6 Å². The first-order chi connectivity index (χ1) is 20.4. The van der Waals surface area contributed by atoms with Crippen LogP contribution in [0.25, 0.3) is 28.0 Å². The Morgan fingerprint density at radius 1 is 1.16 bits per heavy atom. The van der Waals surface area contributed by atoms with Gasteiger partial charge < -0.3 is 21.8 Å². The number of benzene rings is 2. The Morgan fingerprint density at radius 3 is 2.60 bits per heavy atom. The van der Waals surface area contributed by atoms with Crippen LogP contribution in [-0.4, -0.2) is 45.7 Å². The highest BCUT2D eigenvalue weighted by Gasteiger charge is 2.28. The number of hydrogen-bond donors (Lipinski definition) is 4. The van der Waals surface area contributed by atoms with Crippen LogP contribution in [0.2, 0.25) is 5.02 Å². The van der Waals surface area contributed by atoms with Crippen molar-refractivity contribution in [2.45, 2.75) is 57.8 Å². The smallest absolute Gasteiger partial charge is 0.387 e. The number of fused-ring (bicyclic) bond motifs is 1. The Kier molecular flexibility index (Phi) is 10.6. The van der Waals surface area contributed by atoms with E-state index in [2.05, 4.69) is 20.3 Å². The number of amidine groups is 1. The van der Waals surface area contributed by atoms with Crippen LogP contribution in [0, 0.1) is 5.82 Å². The summed E-state index contributed by atoms with van der Waals surface area (Å²) in [5.74, 6) is -0.974. The van der Waals surface area contributed by atoms with Crippen LogP contribution in [0.3, 0.4) is 0 Å². The molecule has 0 radical (unpaired) electrons. The van der Waals surface area contributed by atoms with E-state index in [1.807, 2.05) is 19.1 Å². The van der Waals surface area contributed by atoms with Gasteiger partial charge >= 0.3 is 11.9 Å². The Hall–Kier alpha value is -3.74. The number of aryl methyl sites for hydroxylation is 1. The molecule has 0 spiro atoms. The fourth-order valence-corrected chi connectivity index (χ4v) is 4.88. The van der Waals surface area contributed by atoms with E-state index in [9.17, 15) is 18.0 Å². The van der Waals surface area contributed by atoms with Gasteiger partial charge in [0.05, 0.1) is 16.4 Å². The minimum absolute atomic E-state index is 0.0215. The summed E-state index contributed by atoms with van der Waals surface area (Å²) in [4.78, 5) is 23.8. The van der Waals surface area contributed by atoms with Crippen LogP contribution in [0.15, 0.2) is 58.4 Å². The van der Waals surface area contributed by atoms with Crippen LogP contribution in [-0.2, 0) is 13.0 Å². The molecule has 4 rings (SSSR count). The number of aliphatic imine (C=N–C) groups is 1. The van der Waals surface area contributed by atoms with Gasteiger partial charge in [0, 0.05) is 36.3 Å². The highest BCUT2D eigenvalue weighted by Crippen LogP contribution is 2.31. The second kappa shape index (κ2) is 14.2. The van der Waals surface area contributed by atoms with E-state index in [1.165, 1.54) is 4.57 Å². The number of nitrogens with one attached hydrogen (secondary N) is 2. The minimum atomic E-state index is -4.36. The Labute approximate surface area is 251 Å². The van der Waals surface area contributed by atoms with Gasteiger partial charge in [0.15, 0.2) is 5.82 Å². The van der Waals surface area contributed by atoms with E-state index in [4.69, 9.17) is 23.1 Å². The zero-order valence-electron chi connectivity index (χ0n) is 23.6. The lowest BCUT2D eigenvalue weighted by atomic mass is 10.0. The normalized spacial score (nSPS) is 13.1. The van der Waals surface area contributed by atoms with Crippen LogP contribution in [0.5, 0.6) is 0 Å². The first kappa shape index (κ1) is 32.2. The summed E-state index contributed by atoms with van der Waals surface area (Å²) < 4.78 is 53.3. The van der Waals surface area contributed by atoms with Crippen LogP contribution < -0.4 is 22.5 Å². The summed E-state index contributed by atoms with van der Waals surface area (Å²) in [6.07, 6.45) is -0.995. The van der Waals surface area contributed by atoms with Gasteiger partial charge in [-0.3, -0.25) is 9.56 Å². The van der Waals surface area contributed by atoms with E-state index in [0.717, 1.165) is 24.0 Å². The standard InChI is InChI=1S/C30H34ClF4N7O/c1-18(36)4-2-5-20-12-23(27(32)24(31)13-20)25-14-21-17-42(29(43)41-28(21)40-25)22-8-6-19(7-9-22)16-38-10-3-11-39-26(37)15-30(33,34)35/h6-9,12-14,17-18,38H,2-5,10-11,15-16,36H2,1H3,(H2,37,39)(H,40,41,43). The maximum absolute atomic E-state index is 15.0. The quantitative estimate of drug-likeness (QED) is 0.0667. The van der Waals surface area contributed by atoms with Crippen LogP contribution >= 0.6 is 11.6 Å². The van der Waals surface area contributed by atoms with E-state index >= 15 is 4.39 Å². The molecule has 0 aliphatic carbocycles. The van der Waals surface area contributed by atoms with Crippen LogP contribution in [0.1, 0.15) is 43.7 Å². The summed E-state index contributed by atoms with van der Waals surface area (Å²) in [5, 5.41) is 3.85. The molecule has 0 aliphatic heterocycles. The molecule has 43 heavy (non-hydrogen) atoms. The van der Waals surface area contributed by atoms with Gasteiger partial charge in [-0.1, -0.05) is 23.7 Å². The minimum Gasteiger partial charge on any atom is -0.387 e. The van der Waals surface area contributed by atoms with Crippen molar-refractivity contribution in [1.29, 1.82) is 0 Å². The van der Waals surface area contributed by atoms with Crippen molar-refractivity contribution in [2.75, 3.05) is 13.1 Å². The SMILES string of the molecule is CC(N)CCCc1cc(Cl)c(F)c(-c2cc3cn(-c4ccc(CNCCCN=C(N)CC(F)(F)F)cc4)c(=O)nc3[nH]2)c1. The summed E-state index contributed by atoms with van der Waals surface area (Å²) in [7, 11) is 0. The fourth-order valence-electron chi connectivity index (χ4n) is 4.63. The van der Waals surface area contributed by atoms with Gasteiger partial charge in [-0.25, -0.2) is 9.18 Å². The molecule has 0 saturated carbocycles. The monoisotopic (exact) mass is 619 g/mol. The number of hydrogen-bond acceptors (Lipinski definition) is 5. The highest BCUT2D eigenvalue weighted by atomic mass is 35.5. The van der Waals surface area contributed by atoms with Crippen molar-refractivity contribution in [3.63, 3.8) is 0 Å². The maximum Gasteiger partial charge on any atom is 0.395 e. The third-order valence-electron chi connectivity index (χ3n) is 6.76. The fraction of sp³-hybridized carbons (Fsp3) is 0.367. The largest absolute Gasteiger partial charge is 0.395 e. The third kappa shape index (κ3) is 9.12. The predicted octanol–water partition coefficient (Wildman–Crippen LogP) is 5.63.